The molecule has 1 aliphatic rings. The highest BCUT2D eigenvalue weighted by Crippen LogP contribution is 2.21. The lowest BCUT2D eigenvalue weighted by molar-refractivity contribution is 0.0777. The van der Waals surface area contributed by atoms with E-state index in [-0.39, 0.29) is 24.0 Å². The molecule has 1 aromatic rings. The third-order valence-corrected chi connectivity index (χ3v) is 3.29. The minimum atomic E-state index is -0.528. The Hall–Kier alpha value is -1.07. The van der Waals surface area contributed by atoms with Crippen molar-refractivity contribution in [3.05, 3.63) is 29.6 Å². The van der Waals surface area contributed by atoms with Gasteiger partial charge in [0.25, 0.3) is 5.91 Å². The van der Waals surface area contributed by atoms with Crippen molar-refractivity contribution in [3.63, 3.8) is 0 Å². The molecule has 1 atom stereocenters. The topological polar surface area (TPSA) is 40.5 Å². The van der Waals surface area contributed by atoms with Crippen LogP contribution in [0, 0.1) is 11.7 Å². The third-order valence-electron chi connectivity index (χ3n) is 3.01. The number of thiol groups is 1. The molecule has 2 rings (SSSR count). The Kier molecular flexibility index (Phi) is 3.69. The summed E-state index contributed by atoms with van der Waals surface area (Å²) in [5.41, 5.74) is 0.0519. The lowest BCUT2D eigenvalue weighted by Crippen LogP contribution is -2.29. The molecule has 17 heavy (non-hydrogen) atoms. The number of likely N-dealkylation sites (tertiary alicyclic amines) is 1. The SMILES string of the molecule is O=C(c1cc(S)ccc1F)N1CCC(CO)C1. The monoisotopic (exact) mass is 255 g/mol. The van der Waals surface area contributed by atoms with Crippen LogP contribution in [0.4, 0.5) is 4.39 Å². The van der Waals surface area contributed by atoms with Gasteiger partial charge >= 0.3 is 0 Å². The van der Waals surface area contributed by atoms with E-state index in [0.29, 0.717) is 18.0 Å². The average Bonchev–Trinajstić information content (AvgIpc) is 2.80. The van der Waals surface area contributed by atoms with Crippen molar-refractivity contribution < 1.29 is 14.3 Å². The molecule has 1 N–H and O–H groups in total. The van der Waals surface area contributed by atoms with Crippen molar-refractivity contribution in [2.24, 2.45) is 5.92 Å². The van der Waals surface area contributed by atoms with Gasteiger partial charge in [0.05, 0.1) is 5.56 Å². The molecule has 1 aliphatic heterocycles. The fourth-order valence-corrected chi connectivity index (χ4v) is 2.22. The summed E-state index contributed by atoms with van der Waals surface area (Å²) < 4.78 is 13.5. The number of benzene rings is 1. The molecule has 1 amide bonds. The maximum absolute atomic E-state index is 13.5. The molecule has 1 saturated heterocycles. The van der Waals surface area contributed by atoms with Gasteiger partial charge in [-0.1, -0.05) is 0 Å². The summed E-state index contributed by atoms with van der Waals surface area (Å²) in [5.74, 6) is -0.740. The Labute approximate surface area is 105 Å². The second-order valence-electron chi connectivity index (χ2n) is 4.25. The second-order valence-corrected chi connectivity index (χ2v) is 4.77. The van der Waals surface area contributed by atoms with Crippen LogP contribution in [0.2, 0.25) is 0 Å². The Morgan fingerprint density at radius 3 is 3.00 bits per heavy atom. The number of hydrogen-bond donors (Lipinski definition) is 2. The van der Waals surface area contributed by atoms with Crippen LogP contribution in [-0.2, 0) is 0 Å². The smallest absolute Gasteiger partial charge is 0.256 e. The maximum atomic E-state index is 13.5. The Balaban J connectivity index is 2.17. The molecule has 0 saturated carbocycles. The van der Waals surface area contributed by atoms with Crippen molar-refractivity contribution in [1.82, 2.24) is 4.90 Å². The van der Waals surface area contributed by atoms with Crippen LogP contribution in [0.1, 0.15) is 16.8 Å². The zero-order chi connectivity index (χ0) is 12.4. The number of amides is 1. The molecule has 1 aromatic carbocycles. The molecular formula is C12H14FNO2S. The quantitative estimate of drug-likeness (QED) is 0.788. The van der Waals surface area contributed by atoms with Crippen LogP contribution in [-0.4, -0.2) is 35.6 Å². The van der Waals surface area contributed by atoms with Gasteiger partial charge in [-0.2, -0.15) is 0 Å². The Bertz CT molecular complexity index is 439. The van der Waals surface area contributed by atoms with E-state index in [0.717, 1.165) is 6.42 Å². The van der Waals surface area contributed by atoms with Crippen LogP contribution in [0.3, 0.4) is 0 Å². The van der Waals surface area contributed by atoms with Gasteiger partial charge in [-0.25, -0.2) is 4.39 Å². The Morgan fingerprint density at radius 1 is 1.59 bits per heavy atom. The van der Waals surface area contributed by atoms with Gasteiger partial charge < -0.3 is 10.0 Å². The minimum absolute atomic E-state index is 0.0519. The average molecular weight is 255 g/mol. The van der Waals surface area contributed by atoms with E-state index in [9.17, 15) is 9.18 Å². The van der Waals surface area contributed by atoms with Gasteiger partial charge in [0.2, 0.25) is 0 Å². The summed E-state index contributed by atoms with van der Waals surface area (Å²) in [5, 5.41) is 9.01. The highest BCUT2D eigenvalue weighted by Gasteiger charge is 2.27. The number of rotatable bonds is 2. The number of carbonyl (C=O) groups excluding carboxylic acids is 1. The number of carbonyl (C=O) groups is 1. The molecule has 0 radical (unpaired) electrons. The molecule has 92 valence electrons. The molecule has 0 aliphatic carbocycles. The standard InChI is InChI=1S/C12H14FNO2S/c13-11-2-1-9(17)5-10(11)12(16)14-4-3-8(6-14)7-15/h1-2,5,8,15,17H,3-4,6-7H2. The summed E-state index contributed by atoms with van der Waals surface area (Å²) in [6, 6.07) is 4.19. The van der Waals surface area contributed by atoms with Gasteiger partial charge in [-0.05, 0) is 24.6 Å². The summed E-state index contributed by atoms with van der Waals surface area (Å²) >= 11 is 4.10. The highest BCUT2D eigenvalue weighted by molar-refractivity contribution is 7.80. The van der Waals surface area contributed by atoms with E-state index in [1.807, 2.05) is 0 Å². The van der Waals surface area contributed by atoms with E-state index in [4.69, 9.17) is 5.11 Å². The van der Waals surface area contributed by atoms with Crippen LogP contribution in [0.25, 0.3) is 0 Å². The van der Waals surface area contributed by atoms with Crippen molar-refractivity contribution in [3.8, 4) is 0 Å². The maximum Gasteiger partial charge on any atom is 0.256 e. The fraction of sp³-hybridized carbons (Fsp3) is 0.417. The molecule has 0 spiro atoms. The zero-order valence-corrected chi connectivity index (χ0v) is 10.2. The molecule has 1 fully saturated rings. The first kappa shape index (κ1) is 12.4. The molecular weight excluding hydrogens is 241 g/mol. The number of halogens is 1. The summed E-state index contributed by atoms with van der Waals surface area (Å²) in [6.07, 6.45) is 0.768. The molecule has 0 bridgehead atoms. The lowest BCUT2D eigenvalue weighted by Gasteiger charge is -2.16. The van der Waals surface area contributed by atoms with Crippen LogP contribution >= 0.6 is 12.6 Å². The largest absolute Gasteiger partial charge is 0.396 e. The van der Waals surface area contributed by atoms with Gasteiger partial charge in [0.1, 0.15) is 5.82 Å². The predicted molar refractivity (Wildman–Crippen MR) is 64.7 cm³/mol. The summed E-state index contributed by atoms with van der Waals surface area (Å²) in [4.78, 5) is 14.2. The van der Waals surface area contributed by atoms with Gasteiger partial charge in [0, 0.05) is 30.5 Å². The highest BCUT2D eigenvalue weighted by atomic mass is 32.1. The van der Waals surface area contributed by atoms with Gasteiger partial charge in [0.15, 0.2) is 0 Å². The number of hydrogen-bond acceptors (Lipinski definition) is 3. The second kappa shape index (κ2) is 5.06. The van der Waals surface area contributed by atoms with Crippen molar-refractivity contribution >= 4 is 18.5 Å². The van der Waals surface area contributed by atoms with E-state index in [2.05, 4.69) is 12.6 Å². The van der Waals surface area contributed by atoms with Crippen molar-refractivity contribution in [2.45, 2.75) is 11.3 Å². The first-order chi connectivity index (χ1) is 8.11. The first-order valence-corrected chi connectivity index (χ1v) is 5.95. The van der Waals surface area contributed by atoms with Crippen molar-refractivity contribution in [1.29, 1.82) is 0 Å². The van der Waals surface area contributed by atoms with Gasteiger partial charge in [-0.3, -0.25) is 4.79 Å². The zero-order valence-electron chi connectivity index (χ0n) is 9.27. The number of aliphatic hydroxyl groups excluding tert-OH is 1. The molecule has 0 aromatic heterocycles. The first-order valence-electron chi connectivity index (χ1n) is 5.50. The summed E-state index contributed by atoms with van der Waals surface area (Å²) in [7, 11) is 0. The fourth-order valence-electron chi connectivity index (χ4n) is 2.01. The molecule has 1 unspecified atom stereocenters. The van der Waals surface area contributed by atoms with Crippen molar-refractivity contribution in [2.75, 3.05) is 19.7 Å². The van der Waals surface area contributed by atoms with E-state index >= 15 is 0 Å². The van der Waals surface area contributed by atoms with Crippen LogP contribution in [0.15, 0.2) is 23.1 Å². The van der Waals surface area contributed by atoms with E-state index < -0.39 is 5.82 Å². The normalized spacial score (nSPS) is 19.7. The van der Waals surface area contributed by atoms with Gasteiger partial charge in [-0.15, -0.1) is 12.6 Å². The predicted octanol–water partition coefficient (Wildman–Crippen LogP) is 1.57. The number of aliphatic hydroxyl groups is 1. The molecule has 1 heterocycles. The number of nitrogens with zero attached hydrogens (tertiary/aromatic N) is 1. The van der Waals surface area contributed by atoms with Crippen LogP contribution < -0.4 is 0 Å². The van der Waals surface area contributed by atoms with E-state index in [1.165, 1.54) is 18.2 Å². The lowest BCUT2D eigenvalue weighted by atomic mass is 10.1. The van der Waals surface area contributed by atoms with Crippen LogP contribution in [0.5, 0.6) is 0 Å². The molecule has 3 nitrogen and oxygen atoms in total. The summed E-state index contributed by atoms with van der Waals surface area (Å²) in [6.45, 7) is 1.13. The van der Waals surface area contributed by atoms with E-state index in [1.54, 1.807) is 4.90 Å². The minimum Gasteiger partial charge on any atom is -0.396 e. The third kappa shape index (κ3) is 2.61. The Morgan fingerprint density at radius 2 is 2.35 bits per heavy atom. The molecule has 5 heteroatoms.